The van der Waals surface area contributed by atoms with Crippen molar-refractivity contribution in [3.8, 4) is 0 Å². The van der Waals surface area contributed by atoms with Crippen LogP contribution in [-0.4, -0.2) is 19.6 Å². The van der Waals surface area contributed by atoms with E-state index in [0.717, 1.165) is 18.9 Å². The Kier molecular flexibility index (Phi) is 4.57. The van der Waals surface area contributed by atoms with E-state index in [4.69, 9.17) is 5.73 Å². The second-order valence-electron chi connectivity index (χ2n) is 5.16. The van der Waals surface area contributed by atoms with Gasteiger partial charge in [0.1, 0.15) is 0 Å². The molecule has 17 heavy (non-hydrogen) atoms. The maximum Gasteiger partial charge on any atom is -0.00367 e. The lowest BCUT2D eigenvalue weighted by Gasteiger charge is -2.28. The lowest BCUT2D eigenvalue weighted by atomic mass is 9.81. The second-order valence-corrected chi connectivity index (χ2v) is 5.16. The van der Waals surface area contributed by atoms with Crippen molar-refractivity contribution >= 4 is 0 Å². The smallest absolute Gasteiger partial charge is 0.00367 e. The summed E-state index contributed by atoms with van der Waals surface area (Å²) < 4.78 is 0. The zero-order valence-corrected chi connectivity index (χ0v) is 10.8. The molecular weight excluding hydrogens is 208 g/mol. The van der Waals surface area contributed by atoms with Crippen LogP contribution in [0, 0.1) is 5.92 Å². The first-order valence-corrected chi connectivity index (χ1v) is 6.81. The first-order valence-electron chi connectivity index (χ1n) is 6.81. The third-order valence-electron chi connectivity index (χ3n) is 4.00. The molecule has 1 unspecified atom stereocenters. The fourth-order valence-electron chi connectivity index (χ4n) is 2.81. The van der Waals surface area contributed by atoms with Crippen molar-refractivity contribution in [2.45, 2.75) is 32.1 Å². The van der Waals surface area contributed by atoms with Gasteiger partial charge in [-0.25, -0.2) is 0 Å². The highest BCUT2D eigenvalue weighted by atomic mass is 14.9. The minimum atomic E-state index is 0.676. The zero-order chi connectivity index (χ0) is 12.1. The molecule has 1 aliphatic rings. The molecule has 2 nitrogen and oxygen atoms in total. The SMILES string of the molecule is CC(c1cccc(CCN)c1)C1CCNCC1. The third-order valence-corrected chi connectivity index (χ3v) is 4.00. The topological polar surface area (TPSA) is 38.0 Å². The number of hydrogen-bond acceptors (Lipinski definition) is 2. The van der Waals surface area contributed by atoms with Gasteiger partial charge in [-0.1, -0.05) is 31.2 Å². The predicted molar refractivity (Wildman–Crippen MR) is 73.2 cm³/mol. The van der Waals surface area contributed by atoms with E-state index in [-0.39, 0.29) is 0 Å². The van der Waals surface area contributed by atoms with E-state index in [1.54, 1.807) is 0 Å². The molecule has 1 atom stereocenters. The van der Waals surface area contributed by atoms with Crippen LogP contribution >= 0.6 is 0 Å². The van der Waals surface area contributed by atoms with Gasteiger partial charge in [0.2, 0.25) is 0 Å². The number of piperidine rings is 1. The molecule has 0 saturated carbocycles. The molecule has 1 heterocycles. The van der Waals surface area contributed by atoms with Crippen LogP contribution in [0.4, 0.5) is 0 Å². The first kappa shape index (κ1) is 12.6. The molecule has 2 rings (SSSR count). The molecule has 1 fully saturated rings. The summed E-state index contributed by atoms with van der Waals surface area (Å²) in [4.78, 5) is 0. The number of nitrogens with one attached hydrogen (secondary N) is 1. The molecule has 0 aliphatic carbocycles. The second kappa shape index (κ2) is 6.18. The summed E-state index contributed by atoms with van der Waals surface area (Å²) >= 11 is 0. The van der Waals surface area contributed by atoms with Crippen molar-refractivity contribution in [2.75, 3.05) is 19.6 Å². The average molecular weight is 232 g/mol. The quantitative estimate of drug-likeness (QED) is 0.836. The van der Waals surface area contributed by atoms with Crippen molar-refractivity contribution in [1.82, 2.24) is 5.32 Å². The highest BCUT2D eigenvalue weighted by Gasteiger charge is 2.21. The van der Waals surface area contributed by atoms with E-state index in [1.807, 2.05) is 0 Å². The van der Waals surface area contributed by atoms with Crippen LogP contribution in [0.1, 0.15) is 36.8 Å². The van der Waals surface area contributed by atoms with E-state index in [0.29, 0.717) is 5.92 Å². The van der Waals surface area contributed by atoms with Crippen LogP contribution in [0.15, 0.2) is 24.3 Å². The molecule has 1 aromatic carbocycles. The summed E-state index contributed by atoms with van der Waals surface area (Å²) in [5.74, 6) is 1.51. The first-order chi connectivity index (χ1) is 8.31. The molecule has 0 bridgehead atoms. The van der Waals surface area contributed by atoms with Gasteiger partial charge in [-0.15, -0.1) is 0 Å². The van der Waals surface area contributed by atoms with Crippen molar-refractivity contribution in [3.63, 3.8) is 0 Å². The van der Waals surface area contributed by atoms with E-state index >= 15 is 0 Å². The van der Waals surface area contributed by atoms with E-state index < -0.39 is 0 Å². The molecule has 1 aromatic rings. The largest absolute Gasteiger partial charge is 0.330 e. The Balaban J connectivity index is 2.06. The zero-order valence-electron chi connectivity index (χ0n) is 10.8. The van der Waals surface area contributed by atoms with Crippen molar-refractivity contribution < 1.29 is 0 Å². The number of benzene rings is 1. The van der Waals surface area contributed by atoms with Crippen molar-refractivity contribution in [1.29, 1.82) is 0 Å². The van der Waals surface area contributed by atoms with Crippen molar-refractivity contribution in [3.05, 3.63) is 35.4 Å². The third kappa shape index (κ3) is 3.30. The van der Waals surface area contributed by atoms with Gasteiger partial charge < -0.3 is 11.1 Å². The molecule has 0 radical (unpaired) electrons. The fraction of sp³-hybridized carbons (Fsp3) is 0.600. The highest BCUT2D eigenvalue weighted by molar-refractivity contribution is 5.27. The average Bonchev–Trinajstić information content (AvgIpc) is 2.40. The summed E-state index contributed by atoms with van der Waals surface area (Å²) in [6.45, 7) is 5.47. The molecule has 2 heteroatoms. The van der Waals surface area contributed by atoms with Gasteiger partial charge in [-0.2, -0.15) is 0 Å². The van der Waals surface area contributed by atoms with Crippen LogP contribution in [0.2, 0.25) is 0 Å². The van der Waals surface area contributed by atoms with Gasteiger partial charge in [0.15, 0.2) is 0 Å². The Hall–Kier alpha value is -0.860. The number of rotatable bonds is 4. The molecule has 0 spiro atoms. The maximum absolute atomic E-state index is 5.62. The van der Waals surface area contributed by atoms with Gasteiger partial charge in [0.25, 0.3) is 0 Å². The van der Waals surface area contributed by atoms with Gasteiger partial charge in [0.05, 0.1) is 0 Å². The molecule has 1 saturated heterocycles. The Labute approximate surface area is 105 Å². The predicted octanol–water partition coefficient (Wildman–Crippen LogP) is 2.29. The van der Waals surface area contributed by atoms with Crippen LogP contribution < -0.4 is 11.1 Å². The lowest BCUT2D eigenvalue weighted by Crippen LogP contribution is -2.30. The van der Waals surface area contributed by atoms with Crippen LogP contribution in [0.5, 0.6) is 0 Å². The van der Waals surface area contributed by atoms with Gasteiger partial charge in [-0.05, 0) is 61.9 Å². The minimum Gasteiger partial charge on any atom is -0.330 e. The van der Waals surface area contributed by atoms with Crippen LogP contribution in [0.25, 0.3) is 0 Å². The highest BCUT2D eigenvalue weighted by Crippen LogP contribution is 2.30. The summed E-state index contributed by atoms with van der Waals surface area (Å²) in [6, 6.07) is 8.98. The molecule has 3 N–H and O–H groups in total. The van der Waals surface area contributed by atoms with Crippen molar-refractivity contribution in [2.24, 2.45) is 11.7 Å². The monoisotopic (exact) mass is 232 g/mol. The Morgan fingerprint density at radius 3 is 2.82 bits per heavy atom. The standard InChI is InChI=1S/C15H24N2/c1-12(14-6-9-17-10-7-14)15-4-2-3-13(11-15)5-8-16/h2-4,11-12,14,17H,5-10,16H2,1H3. The Bertz CT molecular complexity index is 343. The molecule has 94 valence electrons. The van der Waals surface area contributed by atoms with E-state index in [9.17, 15) is 0 Å². The number of hydrogen-bond donors (Lipinski definition) is 2. The Morgan fingerprint density at radius 1 is 1.35 bits per heavy atom. The van der Waals surface area contributed by atoms with Gasteiger partial charge >= 0.3 is 0 Å². The normalized spacial score (nSPS) is 19.2. The molecule has 1 aliphatic heterocycles. The van der Waals surface area contributed by atoms with Gasteiger partial charge in [0, 0.05) is 0 Å². The molecular formula is C15H24N2. The maximum atomic E-state index is 5.62. The van der Waals surface area contributed by atoms with Crippen LogP contribution in [0.3, 0.4) is 0 Å². The summed E-state index contributed by atoms with van der Waals surface area (Å²) in [7, 11) is 0. The summed E-state index contributed by atoms with van der Waals surface area (Å²) in [5.41, 5.74) is 8.49. The van der Waals surface area contributed by atoms with E-state index in [2.05, 4.69) is 36.5 Å². The molecule has 0 aromatic heterocycles. The minimum absolute atomic E-state index is 0.676. The fourth-order valence-corrected chi connectivity index (χ4v) is 2.81. The van der Waals surface area contributed by atoms with Crippen LogP contribution in [-0.2, 0) is 6.42 Å². The van der Waals surface area contributed by atoms with Gasteiger partial charge in [-0.3, -0.25) is 0 Å². The van der Waals surface area contributed by atoms with E-state index in [1.165, 1.54) is 37.1 Å². The summed E-state index contributed by atoms with van der Waals surface area (Å²) in [5, 5.41) is 3.44. The molecule has 0 amide bonds. The summed E-state index contributed by atoms with van der Waals surface area (Å²) in [6.07, 6.45) is 3.61. The number of nitrogens with two attached hydrogens (primary N) is 1. The Morgan fingerprint density at radius 2 is 2.12 bits per heavy atom. The lowest BCUT2D eigenvalue weighted by molar-refractivity contribution is 0.330.